The molecule has 0 amide bonds. The summed E-state index contributed by atoms with van der Waals surface area (Å²) in [6.07, 6.45) is 0. The molecule has 0 N–H and O–H groups in total. The Morgan fingerprint density at radius 3 is 2.71 bits per heavy atom. The SMILES string of the molecule is CC(Cl)c1nc2cc(Br)ccc2n1-c1ccc(F)cc1I. The molecule has 6 heteroatoms. The van der Waals surface area contributed by atoms with E-state index in [4.69, 9.17) is 11.6 Å². The minimum atomic E-state index is -0.254. The van der Waals surface area contributed by atoms with Crippen LogP contribution >= 0.6 is 50.1 Å². The van der Waals surface area contributed by atoms with Gasteiger partial charge in [0.05, 0.1) is 22.1 Å². The Labute approximate surface area is 148 Å². The van der Waals surface area contributed by atoms with E-state index in [1.807, 2.05) is 29.7 Å². The third-order valence-electron chi connectivity index (χ3n) is 3.15. The highest BCUT2D eigenvalue weighted by molar-refractivity contribution is 14.1. The molecule has 0 fully saturated rings. The van der Waals surface area contributed by atoms with Crippen molar-refractivity contribution in [2.75, 3.05) is 0 Å². The van der Waals surface area contributed by atoms with E-state index in [1.165, 1.54) is 12.1 Å². The predicted molar refractivity (Wildman–Crippen MR) is 95.7 cm³/mol. The second kappa shape index (κ2) is 5.85. The van der Waals surface area contributed by atoms with E-state index in [0.717, 1.165) is 30.6 Å². The average Bonchev–Trinajstić information content (AvgIpc) is 2.77. The standard InChI is InChI=1S/C15H10BrClFIN2/c1-8(17)15-20-12-6-9(16)2-4-14(12)21(15)13-5-3-10(18)7-11(13)19/h2-8H,1H3. The summed E-state index contributed by atoms with van der Waals surface area (Å²) in [5, 5.41) is -0.253. The Bertz CT molecular complexity index is 832. The van der Waals surface area contributed by atoms with E-state index in [1.54, 1.807) is 6.07 Å². The van der Waals surface area contributed by atoms with Gasteiger partial charge in [-0.2, -0.15) is 0 Å². The number of imidazole rings is 1. The zero-order chi connectivity index (χ0) is 15.1. The summed E-state index contributed by atoms with van der Waals surface area (Å²) in [6.45, 7) is 1.88. The largest absolute Gasteiger partial charge is 0.294 e. The molecular formula is C15H10BrClFIN2. The number of hydrogen-bond acceptors (Lipinski definition) is 1. The lowest BCUT2D eigenvalue weighted by molar-refractivity contribution is 0.626. The molecule has 1 heterocycles. The van der Waals surface area contributed by atoms with E-state index < -0.39 is 0 Å². The van der Waals surface area contributed by atoms with Crippen molar-refractivity contribution in [2.24, 2.45) is 0 Å². The number of rotatable bonds is 2. The molecule has 1 aromatic heterocycles. The molecule has 0 saturated carbocycles. The second-order valence-electron chi connectivity index (χ2n) is 4.65. The number of halogens is 4. The molecule has 0 aliphatic carbocycles. The number of alkyl halides is 1. The Balaban J connectivity index is 2.36. The van der Waals surface area contributed by atoms with Crippen molar-refractivity contribution in [3.8, 4) is 5.69 Å². The topological polar surface area (TPSA) is 17.8 Å². The molecule has 2 nitrogen and oxygen atoms in total. The Kier molecular flexibility index (Phi) is 4.25. The second-order valence-corrected chi connectivity index (χ2v) is 7.38. The van der Waals surface area contributed by atoms with Crippen molar-refractivity contribution in [1.29, 1.82) is 0 Å². The predicted octanol–water partition coefficient (Wildman–Crippen LogP) is 5.83. The van der Waals surface area contributed by atoms with E-state index in [0.29, 0.717) is 0 Å². The van der Waals surface area contributed by atoms with Gasteiger partial charge in [-0.05, 0) is 65.9 Å². The highest BCUT2D eigenvalue weighted by Gasteiger charge is 2.18. The van der Waals surface area contributed by atoms with Crippen LogP contribution < -0.4 is 0 Å². The Morgan fingerprint density at radius 1 is 1.29 bits per heavy atom. The first kappa shape index (κ1) is 15.2. The minimum absolute atomic E-state index is 0.253. The van der Waals surface area contributed by atoms with Gasteiger partial charge in [0.1, 0.15) is 11.6 Å². The highest BCUT2D eigenvalue weighted by Crippen LogP contribution is 2.31. The Morgan fingerprint density at radius 2 is 2.05 bits per heavy atom. The van der Waals surface area contributed by atoms with Gasteiger partial charge in [0.15, 0.2) is 0 Å². The minimum Gasteiger partial charge on any atom is -0.294 e. The molecule has 0 aliphatic heterocycles. The average molecular weight is 480 g/mol. The number of fused-ring (bicyclic) bond motifs is 1. The number of hydrogen-bond donors (Lipinski definition) is 0. The van der Waals surface area contributed by atoms with Crippen LogP contribution in [0.5, 0.6) is 0 Å². The van der Waals surface area contributed by atoms with Crippen LogP contribution in [0.25, 0.3) is 16.7 Å². The number of nitrogens with zero attached hydrogens (tertiary/aromatic N) is 2. The zero-order valence-corrected chi connectivity index (χ0v) is 15.4. The number of benzene rings is 2. The molecule has 0 spiro atoms. The first-order chi connectivity index (χ1) is 9.97. The van der Waals surface area contributed by atoms with Crippen LogP contribution in [0.3, 0.4) is 0 Å². The first-order valence-electron chi connectivity index (χ1n) is 6.25. The molecule has 1 atom stereocenters. The first-order valence-corrected chi connectivity index (χ1v) is 8.55. The van der Waals surface area contributed by atoms with Crippen LogP contribution in [0.15, 0.2) is 40.9 Å². The molecule has 3 rings (SSSR count). The Hall–Kier alpha value is -0.660. The van der Waals surface area contributed by atoms with Crippen molar-refractivity contribution in [2.45, 2.75) is 12.3 Å². The summed E-state index contributed by atoms with van der Waals surface area (Å²) in [4.78, 5) is 4.62. The molecule has 0 aliphatic rings. The van der Waals surface area contributed by atoms with Crippen molar-refractivity contribution in [1.82, 2.24) is 9.55 Å². The van der Waals surface area contributed by atoms with Gasteiger partial charge in [-0.3, -0.25) is 4.57 Å². The smallest absolute Gasteiger partial charge is 0.132 e. The molecule has 1 unspecified atom stereocenters. The third kappa shape index (κ3) is 2.83. The fourth-order valence-electron chi connectivity index (χ4n) is 2.25. The van der Waals surface area contributed by atoms with Gasteiger partial charge < -0.3 is 0 Å². The molecule has 2 aromatic carbocycles. The summed E-state index contributed by atoms with van der Waals surface area (Å²) < 4.78 is 17.1. The van der Waals surface area contributed by atoms with Crippen LogP contribution in [0.2, 0.25) is 0 Å². The van der Waals surface area contributed by atoms with Gasteiger partial charge in [0, 0.05) is 8.04 Å². The lowest BCUT2D eigenvalue weighted by Crippen LogP contribution is -2.04. The van der Waals surface area contributed by atoms with Crippen molar-refractivity contribution in [3.63, 3.8) is 0 Å². The molecule has 3 aromatic rings. The van der Waals surface area contributed by atoms with Gasteiger partial charge in [0.25, 0.3) is 0 Å². The fourth-order valence-corrected chi connectivity index (χ4v) is 3.47. The molecule has 21 heavy (non-hydrogen) atoms. The van der Waals surface area contributed by atoms with Crippen LogP contribution in [0.4, 0.5) is 4.39 Å². The van der Waals surface area contributed by atoms with Crippen LogP contribution in [0.1, 0.15) is 18.1 Å². The monoisotopic (exact) mass is 478 g/mol. The van der Waals surface area contributed by atoms with E-state index in [2.05, 4.69) is 43.5 Å². The lowest BCUT2D eigenvalue weighted by Gasteiger charge is -2.12. The maximum Gasteiger partial charge on any atom is 0.132 e. The normalized spacial score (nSPS) is 12.8. The van der Waals surface area contributed by atoms with Crippen LogP contribution in [-0.2, 0) is 0 Å². The van der Waals surface area contributed by atoms with Crippen molar-refractivity contribution >= 4 is 61.2 Å². The summed E-state index contributed by atoms with van der Waals surface area (Å²) in [6, 6.07) is 10.6. The van der Waals surface area contributed by atoms with Crippen LogP contribution in [-0.4, -0.2) is 9.55 Å². The summed E-state index contributed by atoms with van der Waals surface area (Å²) in [7, 11) is 0. The quantitative estimate of drug-likeness (QED) is 0.334. The lowest BCUT2D eigenvalue weighted by atomic mass is 10.2. The van der Waals surface area contributed by atoms with Gasteiger partial charge >= 0.3 is 0 Å². The van der Waals surface area contributed by atoms with E-state index in [-0.39, 0.29) is 11.2 Å². The maximum absolute atomic E-state index is 13.4. The van der Waals surface area contributed by atoms with Gasteiger partial charge in [0.2, 0.25) is 0 Å². The number of aromatic nitrogens is 2. The summed E-state index contributed by atoms with van der Waals surface area (Å²) >= 11 is 11.9. The zero-order valence-electron chi connectivity index (χ0n) is 10.9. The van der Waals surface area contributed by atoms with Gasteiger partial charge in [-0.15, -0.1) is 11.6 Å². The van der Waals surface area contributed by atoms with E-state index >= 15 is 0 Å². The van der Waals surface area contributed by atoms with Crippen LogP contribution in [0, 0.1) is 9.39 Å². The molecule has 108 valence electrons. The van der Waals surface area contributed by atoms with Crippen molar-refractivity contribution in [3.05, 3.63) is 56.1 Å². The summed E-state index contributed by atoms with van der Waals surface area (Å²) in [5.74, 6) is 0.491. The fraction of sp³-hybridized carbons (Fsp3) is 0.133. The van der Waals surface area contributed by atoms with Gasteiger partial charge in [-0.25, -0.2) is 9.37 Å². The highest BCUT2D eigenvalue weighted by atomic mass is 127. The molecule has 0 saturated heterocycles. The third-order valence-corrected chi connectivity index (χ3v) is 4.70. The molecule has 0 radical (unpaired) electrons. The molecule has 0 bridgehead atoms. The van der Waals surface area contributed by atoms with E-state index in [9.17, 15) is 4.39 Å². The summed E-state index contributed by atoms with van der Waals surface area (Å²) in [5.41, 5.74) is 2.68. The maximum atomic E-state index is 13.4. The van der Waals surface area contributed by atoms with Crippen molar-refractivity contribution < 1.29 is 4.39 Å². The molecular weight excluding hydrogens is 469 g/mol. The van der Waals surface area contributed by atoms with Gasteiger partial charge in [-0.1, -0.05) is 15.9 Å².